The van der Waals surface area contributed by atoms with Gasteiger partial charge in [-0.2, -0.15) is 0 Å². The maximum atomic E-state index is 6.50. The number of rotatable bonds is 4. The zero-order valence-corrected chi connectivity index (χ0v) is 11.7. The molecule has 0 heterocycles. The normalized spacial score (nSPS) is 22.0. The fourth-order valence-corrected chi connectivity index (χ4v) is 3.04. The zero-order chi connectivity index (χ0) is 13.3. The van der Waals surface area contributed by atoms with Crippen LogP contribution < -0.4 is 15.2 Å². The van der Waals surface area contributed by atoms with Gasteiger partial charge in [0.05, 0.1) is 13.2 Å². The second-order valence-electron chi connectivity index (χ2n) is 5.90. The van der Waals surface area contributed by atoms with Crippen molar-refractivity contribution in [2.45, 2.75) is 56.6 Å². The third-order valence-electron chi connectivity index (χ3n) is 4.58. The lowest BCUT2D eigenvalue weighted by atomic mass is 9.89. The zero-order valence-electron chi connectivity index (χ0n) is 11.7. The van der Waals surface area contributed by atoms with Crippen molar-refractivity contribution in [3.05, 3.63) is 23.8 Å². The van der Waals surface area contributed by atoms with Crippen molar-refractivity contribution in [2.24, 2.45) is 5.73 Å². The molecule has 0 radical (unpaired) electrons. The van der Waals surface area contributed by atoms with Crippen LogP contribution >= 0.6 is 0 Å². The molecule has 0 aromatic heterocycles. The van der Waals surface area contributed by atoms with Crippen LogP contribution in [0.15, 0.2) is 18.2 Å². The molecule has 3 heteroatoms. The first-order valence-corrected chi connectivity index (χ1v) is 7.35. The molecule has 1 aromatic rings. The molecular formula is C16H23NO2. The van der Waals surface area contributed by atoms with Crippen LogP contribution in [0, 0.1) is 0 Å². The molecule has 2 aliphatic rings. The molecule has 19 heavy (non-hydrogen) atoms. The van der Waals surface area contributed by atoms with Gasteiger partial charge in [0.1, 0.15) is 0 Å². The molecule has 0 unspecified atom stereocenters. The summed E-state index contributed by atoms with van der Waals surface area (Å²) in [5.74, 6) is 1.68. The van der Waals surface area contributed by atoms with Crippen LogP contribution in [0.4, 0.5) is 0 Å². The lowest BCUT2D eigenvalue weighted by molar-refractivity contribution is 0.116. The van der Waals surface area contributed by atoms with E-state index in [-0.39, 0.29) is 5.54 Å². The van der Waals surface area contributed by atoms with Gasteiger partial charge in [0.2, 0.25) is 0 Å². The standard InChI is InChI=1S/C16H23NO2/c1-18-15-11-12(16(17)9-2-3-10-16)7-8-14(15)19-13-5-4-6-13/h7-8,11,13H,2-6,9-10,17H2,1H3. The highest BCUT2D eigenvalue weighted by Gasteiger charge is 2.32. The summed E-state index contributed by atoms with van der Waals surface area (Å²) in [6.45, 7) is 0. The Morgan fingerprint density at radius 2 is 1.84 bits per heavy atom. The van der Waals surface area contributed by atoms with E-state index in [0.717, 1.165) is 37.2 Å². The molecule has 3 rings (SSSR count). The molecule has 0 atom stereocenters. The Kier molecular flexibility index (Phi) is 3.40. The smallest absolute Gasteiger partial charge is 0.161 e. The number of nitrogens with two attached hydrogens (primary N) is 1. The van der Waals surface area contributed by atoms with Gasteiger partial charge in [-0.05, 0) is 49.8 Å². The predicted molar refractivity (Wildman–Crippen MR) is 75.6 cm³/mol. The molecule has 2 fully saturated rings. The molecule has 2 saturated carbocycles. The molecule has 0 aliphatic heterocycles. The number of hydrogen-bond donors (Lipinski definition) is 1. The van der Waals surface area contributed by atoms with Crippen molar-refractivity contribution in [1.82, 2.24) is 0 Å². The van der Waals surface area contributed by atoms with E-state index in [1.165, 1.54) is 24.8 Å². The quantitative estimate of drug-likeness (QED) is 0.904. The minimum absolute atomic E-state index is 0.164. The van der Waals surface area contributed by atoms with Crippen LogP contribution in [0.2, 0.25) is 0 Å². The summed E-state index contributed by atoms with van der Waals surface area (Å²) in [6.07, 6.45) is 8.54. The number of hydrogen-bond acceptors (Lipinski definition) is 3. The summed E-state index contributed by atoms with van der Waals surface area (Å²) in [6, 6.07) is 6.21. The third kappa shape index (κ3) is 2.44. The first-order valence-electron chi connectivity index (χ1n) is 7.35. The average molecular weight is 261 g/mol. The minimum atomic E-state index is -0.164. The Hall–Kier alpha value is -1.22. The first-order chi connectivity index (χ1) is 9.21. The monoisotopic (exact) mass is 261 g/mol. The Morgan fingerprint density at radius 1 is 1.11 bits per heavy atom. The van der Waals surface area contributed by atoms with Gasteiger partial charge < -0.3 is 15.2 Å². The van der Waals surface area contributed by atoms with E-state index in [9.17, 15) is 0 Å². The number of ether oxygens (including phenoxy) is 2. The predicted octanol–water partition coefficient (Wildman–Crippen LogP) is 3.35. The fraction of sp³-hybridized carbons (Fsp3) is 0.625. The largest absolute Gasteiger partial charge is 0.493 e. The van der Waals surface area contributed by atoms with Crippen molar-refractivity contribution in [1.29, 1.82) is 0 Å². The van der Waals surface area contributed by atoms with Crippen LogP contribution in [-0.4, -0.2) is 13.2 Å². The Morgan fingerprint density at radius 3 is 2.42 bits per heavy atom. The van der Waals surface area contributed by atoms with Crippen LogP contribution in [0.25, 0.3) is 0 Å². The summed E-state index contributed by atoms with van der Waals surface area (Å²) in [5.41, 5.74) is 7.52. The summed E-state index contributed by atoms with van der Waals surface area (Å²) in [5, 5.41) is 0. The van der Waals surface area contributed by atoms with Gasteiger partial charge in [0.25, 0.3) is 0 Å². The molecular weight excluding hydrogens is 238 g/mol. The van der Waals surface area contributed by atoms with Crippen molar-refractivity contribution in [3.63, 3.8) is 0 Å². The van der Waals surface area contributed by atoms with Gasteiger partial charge in [0, 0.05) is 5.54 Å². The van der Waals surface area contributed by atoms with Gasteiger partial charge >= 0.3 is 0 Å². The summed E-state index contributed by atoms with van der Waals surface area (Å²) >= 11 is 0. The SMILES string of the molecule is COc1cc(C2(N)CCCC2)ccc1OC1CCC1. The Bertz CT molecular complexity index is 448. The highest BCUT2D eigenvalue weighted by molar-refractivity contribution is 5.45. The second kappa shape index (κ2) is 5.04. The van der Waals surface area contributed by atoms with E-state index in [4.69, 9.17) is 15.2 Å². The lowest BCUT2D eigenvalue weighted by Crippen LogP contribution is -2.33. The maximum Gasteiger partial charge on any atom is 0.161 e. The topological polar surface area (TPSA) is 44.5 Å². The summed E-state index contributed by atoms with van der Waals surface area (Å²) < 4.78 is 11.4. The van der Waals surface area contributed by atoms with Crippen LogP contribution in [-0.2, 0) is 5.54 Å². The fourth-order valence-electron chi connectivity index (χ4n) is 3.04. The summed E-state index contributed by atoms with van der Waals surface area (Å²) in [7, 11) is 1.70. The molecule has 1 aromatic carbocycles. The van der Waals surface area contributed by atoms with Crippen LogP contribution in [0.3, 0.4) is 0 Å². The second-order valence-corrected chi connectivity index (χ2v) is 5.90. The molecule has 0 bridgehead atoms. The van der Waals surface area contributed by atoms with Gasteiger partial charge in [0.15, 0.2) is 11.5 Å². The number of methoxy groups -OCH3 is 1. The van der Waals surface area contributed by atoms with Crippen molar-refractivity contribution >= 4 is 0 Å². The van der Waals surface area contributed by atoms with E-state index in [1.807, 2.05) is 6.07 Å². The van der Waals surface area contributed by atoms with Crippen LogP contribution in [0.5, 0.6) is 11.5 Å². The molecule has 2 N–H and O–H groups in total. The van der Waals surface area contributed by atoms with Crippen molar-refractivity contribution in [2.75, 3.05) is 7.11 Å². The number of benzene rings is 1. The van der Waals surface area contributed by atoms with E-state index in [2.05, 4.69) is 12.1 Å². The van der Waals surface area contributed by atoms with Gasteiger partial charge in [-0.25, -0.2) is 0 Å². The van der Waals surface area contributed by atoms with Gasteiger partial charge in [-0.1, -0.05) is 18.9 Å². The Balaban J connectivity index is 1.83. The Labute approximate surface area is 115 Å². The van der Waals surface area contributed by atoms with E-state index in [1.54, 1.807) is 7.11 Å². The molecule has 0 amide bonds. The van der Waals surface area contributed by atoms with Gasteiger partial charge in [-0.3, -0.25) is 0 Å². The molecule has 104 valence electrons. The van der Waals surface area contributed by atoms with Crippen LogP contribution in [0.1, 0.15) is 50.5 Å². The average Bonchev–Trinajstić information content (AvgIpc) is 2.82. The van der Waals surface area contributed by atoms with Crippen molar-refractivity contribution < 1.29 is 9.47 Å². The molecule has 3 nitrogen and oxygen atoms in total. The van der Waals surface area contributed by atoms with E-state index < -0.39 is 0 Å². The molecule has 0 saturated heterocycles. The third-order valence-corrected chi connectivity index (χ3v) is 4.58. The maximum absolute atomic E-state index is 6.50. The highest BCUT2D eigenvalue weighted by atomic mass is 16.5. The lowest BCUT2D eigenvalue weighted by Gasteiger charge is -2.29. The minimum Gasteiger partial charge on any atom is -0.493 e. The molecule has 2 aliphatic carbocycles. The molecule has 0 spiro atoms. The first kappa shape index (κ1) is 12.8. The van der Waals surface area contributed by atoms with E-state index >= 15 is 0 Å². The van der Waals surface area contributed by atoms with Crippen molar-refractivity contribution in [3.8, 4) is 11.5 Å². The highest BCUT2D eigenvalue weighted by Crippen LogP contribution is 2.40. The van der Waals surface area contributed by atoms with E-state index in [0.29, 0.717) is 6.10 Å². The summed E-state index contributed by atoms with van der Waals surface area (Å²) in [4.78, 5) is 0. The van der Waals surface area contributed by atoms with Gasteiger partial charge in [-0.15, -0.1) is 0 Å².